The minimum Gasteiger partial charge on any atom is -0.397 e. The second kappa shape index (κ2) is 5.22. The molecule has 1 unspecified atom stereocenters. The average Bonchev–Trinajstić information content (AvgIpc) is 2.76. The Kier molecular flexibility index (Phi) is 3.56. The van der Waals surface area contributed by atoms with E-state index in [4.69, 9.17) is 5.73 Å². The molecule has 108 valence electrons. The Morgan fingerprint density at radius 2 is 2.25 bits per heavy atom. The summed E-state index contributed by atoms with van der Waals surface area (Å²) in [7, 11) is 4.34. The minimum absolute atomic E-state index is 0.535. The fourth-order valence-corrected chi connectivity index (χ4v) is 3.91. The third kappa shape index (κ3) is 2.47. The van der Waals surface area contributed by atoms with Crippen molar-refractivity contribution in [1.29, 1.82) is 0 Å². The van der Waals surface area contributed by atoms with Crippen LogP contribution in [0.15, 0.2) is 12.1 Å². The molecule has 1 aromatic heterocycles. The largest absolute Gasteiger partial charge is 0.397 e. The lowest BCUT2D eigenvalue weighted by Crippen LogP contribution is -2.45. The number of likely N-dealkylation sites (N-methyl/N-ethyl adjacent to an activating group) is 2. The summed E-state index contributed by atoms with van der Waals surface area (Å²) in [5, 5.41) is 1.09. The Hall–Kier alpha value is -1.33. The van der Waals surface area contributed by atoms with E-state index in [1.54, 1.807) is 11.3 Å². The predicted molar refractivity (Wildman–Crippen MR) is 87.7 cm³/mol. The number of fused-ring (bicyclic) bond motifs is 1. The van der Waals surface area contributed by atoms with Gasteiger partial charge in [0, 0.05) is 19.6 Å². The number of aromatic nitrogens is 1. The van der Waals surface area contributed by atoms with Gasteiger partial charge in [-0.3, -0.25) is 0 Å². The number of hydrogen-bond donors (Lipinski definition) is 1. The third-order valence-electron chi connectivity index (χ3n) is 4.17. The van der Waals surface area contributed by atoms with E-state index in [1.807, 2.05) is 6.92 Å². The summed E-state index contributed by atoms with van der Waals surface area (Å²) in [6.07, 6.45) is 2.48. The molecular weight excluding hydrogens is 268 g/mol. The van der Waals surface area contributed by atoms with Crippen LogP contribution >= 0.6 is 11.3 Å². The summed E-state index contributed by atoms with van der Waals surface area (Å²) in [6, 6.07) is 4.74. The Labute approximate surface area is 124 Å². The Morgan fingerprint density at radius 1 is 1.45 bits per heavy atom. The van der Waals surface area contributed by atoms with Crippen LogP contribution in [0, 0.1) is 6.92 Å². The van der Waals surface area contributed by atoms with Crippen molar-refractivity contribution < 1.29 is 0 Å². The number of piperidine rings is 1. The number of likely N-dealkylation sites (tertiary alicyclic amines) is 1. The Balaban J connectivity index is 1.93. The Morgan fingerprint density at radius 3 is 3.00 bits per heavy atom. The van der Waals surface area contributed by atoms with Crippen LogP contribution in [0.5, 0.6) is 0 Å². The van der Waals surface area contributed by atoms with E-state index in [1.165, 1.54) is 24.1 Å². The quantitative estimate of drug-likeness (QED) is 0.864. The maximum atomic E-state index is 6.26. The van der Waals surface area contributed by atoms with Crippen molar-refractivity contribution in [2.75, 3.05) is 37.8 Å². The van der Waals surface area contributed by atoms with Crippen molar-refractivity contribution in [3.63, 3.8) is 0 Å². The molecule has 1 aliphatic heterocycles. The van der Waals surface area contributed by atoms with Crippen LogP contribution in [0.3, 0.4) is 0 Å². The summed E-state index contributed by atoms with van der Waals surface area (Å²) in [4.78, 5) is 9.31. The third-order valence-corrected chi connectivity index (χ3v) is 5.10. The van der Waals surface area contributed by atoms with E-state index in [0.29, 0.717) is 6.04 Å². The topological polar surface area (TPSA) is 45.4 Å². The molecule has 2 heterocycles. The minimum atomic E-state index is 0.535. The highest BCUT2D eigenvalue weighted by Crippen LogP contribution is 2.33. The van der Waals surface area contributed by atoms with Crippen molar-refractivity contribution >= 4 is 32.9 Å². The smallest absolute Gasteiger partial charge is 0.0907 e. The van der Waals surface area contributed by atoms with Crippen molar-refractivity contribution in [1.82, 2.24) is 9.88 Å². The molecule has 2 N–H and O–H groups in total. The van der Waals surface area contributed by atoms with Crippen LogP contribution < -0.4 is 10.6 Å². The number of hydrogen-bond acceptors (Lipinski definition) is 5. The highest BCUT2D eigenvalue weighted by Gasteiger charge is 2.23. The molecule has 1 saturated heterocycles. The lowest BCUT2D eigenvalue weighted by Gasteiger charge is -2.37. The van der Waals surface area contributed by atoms with Gasteiger partial charge >= 0.3 is 0 Å². The molecule has 1 fully saturated rings. The standard InChI is InChI=1S/C15H22N4S/c1-10-17-13-8-14(12(16)7-15(13)20-10)19(3)11-5-4-6-18(2)9-11/h7-8,11H,4-6,9,16H2,1-3H3. The maximum absolute atomic E-state index is 6.26. The second-order valence-electron chi connectivity index (χ2n) is 5.78. The molecule has 0 aliphatic carbocycles. The molecule has 0 spiro atoms. The van der Waals surface area contributed by atoms with E-state index < -0.39 is 0 Å². The number of aryl methyl sites for hydroxylation is 1. The average molecular weight is 290 g/mol. The first kappa shape index (κ1) is 13.6. The zero-order valence-corrected chi connectivity index (χ0v) is 13.2. The van der Waals surface area contributed by atoms with Gasteiger partial charge in [-0.15, -0.1) is 11.3 Å². The van der Waals surface area contributed by atoms with Gasteiger partial charge in [0.05, 0.1) is 26.6 Å². The van der Waals surface area contributed by atoms with Gasteiger partial charge in [0.15, 0.2) is 0 Å². The number of thiazole rings is 1. The van der Waals surface area contributed by atoms with Gasteiger partial charge in [-0.1, -0.05) is 0 Å². The molecule has 4 nitrogen and oxygen atoms in total. The van der Waals surface area contributed by atoms with E-state index >= 15 is 0 Å². The molecule has 0 amide bonds. The number of anilines is 2. The molecule has 1 aromatic carbocycles. The number of rotatable bonds is 2. The van der Waals surface area contributed by atoms with Gasteiger partial charge in [0.25, 0.3) is 0 Å². The van der Waals surface area contributed by atoms with Crippen LogP contribution in [-0.4, -0.2) is 43.1 Å². The molecule has 2 aromatic rings. The SMILES string of the molecule is Cc1nc2cc(N(C)C3CCCN(C)C3)c(N)cc2s1. The fraction of sp³-hybridized carbons (Fsp3) is 0.533. The summed E-state index contributed by atoms with van der Waals surface area (Å²) in [5.41, 5.74) is 9.30. The molecule has 0 radical (unpaired) electrons. The van der Waals surface area contributed by atoms with Gasteiger partial charge in [-0.05, 0) is 45.5 Å². The van der Waals surface area contributed by atoms with E-state index in [-0.39, 0.29) is 0 Å². The molecular formula is C15H22N4S. The van der Waals surface area contributed by atoms with Crippen LogP contribution in [0.2, 0.25) is 0 Å². The number of nitrogens with two attached hydrogens (primary N) is 1. The van der Waals surface area contributed by atoms with Gasteiger partial charge in [0.1, 0.15) is 0 Å². The number of benzene rings is 1. The van der Waals surface area contributed by atoms with Gasteiger partial charge in [0.2, 0.25) is 0 Å². The van der Waals surface area contributed by atoms with E-state index in [9.17, 15) is 0 Å². The predicted octanol–water partition coefficient (Wildman–Crippen LogP) is 2.72. The highest BCUT2D eigenvalue weighted by atomic mass is 32.1. The van der Waals surface area contributed by atoms with E-state index in [2.05, 4.69) is 41.0 Å². The lowest BCUT2D eigenvalue weighted by atomic mass is 10.0. The van der Waals surface area contributed by atoms with Gasteiger partial charge in [-0.25, -0.2) is 4.98 Å². The van der Waals surface area contributed by atoms with Crippen molar-refractivity contribution in [3.8, 4) is 0 Å². The van der Waals surface area contributed by atoms with Crippen molar-refractivity contribution in [3.05, 3.63) is 17.1 Å². The summed E-state index contributed by atoms with van der Waals surface area (Å²) < 4.78 is 1.18. The van der Waals surface area contributed by atoms with Gasteiger partial charge < -0.3 is 15.5 Å². The second-order valence-corrected chi connectivity index (χ2v) is 7.02. The molecule has 1 aliphatic rings. The fourth-order valence-electron chi connectivity index (χ4n) is 3.05. The highest BCUT2D eigenvalue weighted by molar-refractivity contribution is 7.18. The zero-order chi connectivity index (χ0) is 14.3. The summed E-state index contributed by atoms with van der Waals surface area (Å²) >= 11 is 1.70. The first-order valence-corrected chi connectivity index (χ1v) is 7.94. The molecule has 1 atom stereocenters. The number of nitrogens with zero attached hydrogens (tertiary/aromatic N) is 3. The van der Waals surface area contributed by atoms with Crippen molar-refractivity contribution in [2.45, 2.75) is 25.8 Å². The normalized spacial score (nSPS) is 20.4. The monoisotopic (exact) mass is 290 g/mol. The Bertz CT molecular complexity index is 622. The van der Waals surface area contributed by atoms with Crippen LogP contribution in [0.4, 0.5) is 11.4 Å². The molecule has 0 saturated carbocycles. The molecule has 20 heavy (non-hydrogen) atoms. The van der Waals surface area contributed by atoms with Crippen LogP contribution in [-0.2, 0) is 0 Å². The van der Waals surface area contributed by atoms with Gasteiger partial charge in [-0.2, -0.15) is 0 Å². The molecule has 0 bridgehead atoms. The lowest BCUT2D eigenvalue weighted by molar-refractivity contribution is 0.248. The van der Waals surface area contributed by atoms with Crippen molar-refractivity contribution in [2.24, 2.45) is 0 Å². The zero-order valence-electron chi connectivity index (χ0n) is 12.4. The first-order chi connectivity index (χ1) is 9.54. The van der Waals surface area contributed by atoms with E-state index in [0.717, 1.165) is 28.4 Å². The molecule has 5 heteroatoms. The van der Waals surface area contributed by atoms with Crippen LogP contribution in [0.25, 0.3) is 10.2 Å². The first-order valence-electron chi connectivity index (χ1n) is 7.12. The number of nitrogen functional groups attached to an aromatic ring is 1. The molecule has 3 rings (SSSR count). The maximum Gasteiger partial charge on any atom is 0.0907 e. The summed E-state index contributed by atoms with van der Waals surface area (Å²) in [5.74, 6) is 0. The summed E-state index contributed by atoms with van der Waals surface area (Å²) in [6.45, 7) is 4.34. The van der Waals surface area contributed by atoms with Crippen LogP contribution in [0.1, 0.15) is 17.8 Å².